The molecule has 0 fully saturated rings. The first-order chi connectivity index (χ1) is 13.2. The highest BCUT2D eigenvalue weighted by molar-refractivity contribution is 6.61. The average molecular weight is 405 g/mol. The predicted octanol–water partition coefficient (Wildman–Crippen LogP) is 8.42. The van der Waals surface area contributed by atoms with Crippen molar-refractivity contribution in [3.8, 4) is 0 Å². The summed E-state index contributed by atoms with van der Waals surface area (Å²) >= 11 is 5.17. The van der Waals surface area contributed by atoms with Crippen LogP contribution in [0.15, 0.2) is 0 Å². The predicted molar refractivity (Wildman–Crippen MR) is 117 cm³/mol. The molecule has 0 aliphatic heterocycles. The van der Waals surface area contributed by atoms with Crippen LogP contribution in [0.4, 0.5) is 4.79 Å². The number of unbranched alkanes of at least 4 members (excludes halogenated alkanes) is 15. The second kappa shape index (κ2) is 22.0. The van der Waals surface area contributed by atoms with E-state index < -0.39 is 5.43 Å². The molecule has 4 heteroatoms. The lowest BCUT2D eigenvalue weighted by atomic mass is 10.0. The number of hydrogen-bond donors (Lipinski definition) is 0. The van der Waals surface area contributed by atoms with Crippen molar-refractivity contribution in [3.05, 3.63) is 0 Å². The maximum atomic E-state index is 10.6. The van der Waals surface area contributed by atoms with Gasteiger partial charge in [0.25, 0.3) is 0 Å². The number of rotatable bonds is 21. The molecule has 0 aliphatic carbocycles. The van der Waals surface area contributed by atoms with Crippen LogP contribution in [-0.4, -0.2) is 24.7 Å². The van der Waals surface area contributed by atoms with Crippen LogP contribution in [-0.2, 0) is 9.47 Å². The average Bonchev–Trinajstić information content (AvgIpc) is 2.66. The maximum absolute atomic E-state index is 10.6. The highest BCUT2D eigenvalue weighted by Crippen LogP contribution is 2.14. The smallest absolute Gasteiger partial charge is 0.403 e. The summed E-state index contributed by atoms with van der Waals surface area (Å²) in [7, 11) is 0. The molecule has 162 valence electrons. The Morgan fingerprint density at radius 1 is 0.704 bits per heavy atom. The van der Waals surface area contributed by atoms with E-state index in [0.29, 0.717) is 0 Å². The van der Waals surface area contributed by atoms with Gasteiger partial charge in [-0.3, -0.25) is 0 Å². The normalized spacial score (nSPS) is 12.3. The van der Waals surface area contributed by atoms with Crippen molar-refractivity contribution in [2.75, 3.05) is 13.2 Å². The van der Waals surface area contributed by atoms with Gasteiger partial charge in [0.15, 0.2) is 0 Å². The van der Waals surface area contributed by atoms with Crippen molar-refractivity contribution < 1.29 is 14.3 Å². The lowest BCUT2D eigenvalue weighted by Crippen LogP contribution is -2.20. The minimum absolute atomic E-state index is 0.0240. The molecule has 0 saturated carbocycles. The zero-order valence-electron chi connectivity index (χ0n) is 18.1. The lowest BCUT2D eigenvalue weighted by Gasteiger charge is -2.15. The van der Waals surface area contributed by atoms with Gasteiger partial charge in [-0.1, -0.05) is 110 Å². The molecule has 0 aliphatic rings. The summed E-state index contributed by atoms with van der Waals surface area (Å²) < 4.78 is 10.5. The van der Waals surface area contributed by atoms with Crippen molar-refractivity contribution in [2.45, 2.75) is 129 Å². The number of carbonyl (C=O) groups excluding carboxylic acids is 1. The maximum Gasteiger partial charge on any atom is 0.403 e. The Kier molecular flexibility index (Phi) is 21.8. The first-order valence-electron chi connectivity index (χ1n) is 11.6. The quantitative estimate of drug-likeness (QED) is 0.142. The van der Waals surface area contributed by atoms with Crippen LogP contribution >= 0.6 is 11.6 Å². The molecule has 0 bridgehead atoms. The van der Waals surface area contributed by atoms with E-state index >= 15 is 0 Å². The van der Waals surface area contributed by atoms with Gasteiger partial charge in [0.2, 0.25) is 0 Å². The van der Waals surface area contributed by atoms with E-state index in [-0.39, 0.29) is 12.7 Å². The molecule has 0 rings (SSSR count). The minimum Gasteiger partial charge on any atom is -0.451 e. The highest BCUT2D eigenvalue weighted by Gasteiger charge is 2.08. The van der Waals surface area contributed by atoms with Gasteiger partial charge in [0.1, 0.15) is 6.61 Å². The van der Waals surface area contributed by atoms with Crippen molar-refractivity contribution in [3.63, 3.8) is 0 Å². The lowest BCUT2D eigenvalue weighted by molar-refractivity contribution is 0.00656. The van der Waals surface area contributed by atoms with E-state index in [4.69, 9.17) is 21.1 Å². The molecule has 0 heterocycles. The Hall–Kier alpha value is -0.280. The van der Waals surface area contributed by atoms with Crippen molar-refractivity contribution in [2.24, 2.45) is 0 Å². The summed E-state index contributed by atoms with van der Waals surface area (Å²) in [5.41, 5.74) is -0.751. The largest absolute Gasteiger partial charge is 0.451 e. The Bertz CT molecular complexity index is 310. The fraction of sp³-hybridized carbons (Fsp3) is 0.957. The van der Waals surface area contributed by atoms with Crippen LogP contribution in [0.5, 0.6) is 0 Å². The summed E-state index contributed by atoms with van der Waals surface area (Å²) in [6.07, 6.45) is 22.8. The summed E-state index contributed by atoms with van der Waals surface area (Å²) in [6.45, 7) is 5.32. The molecule has 0 aromatic heterocycles. The number of halogens is 1. The summed E-state index contributed by atoms with van der Waals surface area (Å²) in [5, 5.41) is 0. The third-order valence-corrected chi connectivity index (χ3v) is 5.30. The molecule has 0 aromatic rings. The van der Waals surface area contributed by atoms with Gasteiger partial charge in [-0.25, -0.2) is 4.79 Å². The summed E-state index contributed by atoms with van der Waals surface area (Å²) in [5.74, 6) is 0. The first kappa shape index (κ1) is 26.7. The van der Waals surface area contributed by atoms with Gasteiger partial charge in [0.05, 0.1) is 6.10 Å². The van der Waals surface area contributed by atoms with Gasteiger partial charge in [0, 0.05) is 18.2 Å². The molecule has 1 unspecified atom stereocenters. The van der Waals surface area contributed by atoms with Gasteiger partial charge < -0.3 is 9.47 Å². The zero-order valence-corrected chi connectivity index (χ0v) is 18.9. The summed E-state index contributed by atoms with van der Waals surface area (Å²) in [4.78, 5) is 10.6. The van der Waals surface area contributed by atoms with E-state index in [1.807, 2.05) is 6.92 Å². The van der Waals surface area contributed by atoms with Gasteiger partial charge in [-0.15, -0.1) is 0 Å². The molecule has 0 saturated heterocycles. The third-order valence-electron chi connectivity index (χ3n) is 5.19. The molecule has 0 amide bonds. The van der Waals surface area contributed by atoms with Gasteiger partial charge in [-0.05, 0) is 12.8 Å². The van der Waals surface area contributed by atoms with Gasteiger partial charge in [-0.2, -0.15) is 0 Å². The van der Waals surface area contributed by atoms with Crippen molar-refractivity contribution >= 4 is 17.0 Å². The molecular weight excluding hydrogens is 360 g/mol. The number of hydrogen-bond acceptors (Lipinski definition) is 3. The fourth-order valence-corrected chi connectivity index (χ4v) is 3.41. The zero-order chi connectivity index (χ0) is 20.0. The van der Waals surface area contributed by atoms with Crippen LogP contribution in [0.1, 0.15) is 123 Å². The molecule has 3 nitrogen and oxygen atoms in total. The van der Waals surface area contributed by atoms with E-state index in [0.717, 1.165) is 19.4 Å². The Labute approximate surface area is 173 Å². The van der Waals surface area contributed by atoms with E-state index in [9.17, 15) is 4.79 Å². The molecule has 0 radical (unpaired) electrons. The Morgan fingerprint density at radius 3 is 1.48 bits per heavy atom. The second-order valence-corrected chi connectivity index (χ2v) is 8.06. The van der Waals surface area contributed by atoms with E-state index in [2.05, 4.69) is 6.92 Å². The van der Waals surface area contributed by atoms with Crippen LogP contribution in [0.2, 0.25) is 0 Å². The highest BCUT2D eigenvalue weighted by atomic mass is 35.5. The standard InChI is InChI=1S/C23H45ClO3/c1-3-5-6-7-8-9-10-11-12-13-14-15-16-17-18-19-20-26-22(4-2)21-27-23(24)25/h22H,3-21H2,1-2H3. The molecular formula is C23H45ClO3. The minimum atomic E-state index is -0.751. The molecule has 0 N–H and O–H groups in total. The van der Waals surface area contributed by atoms with E-state index in [1.165, 1.54) is 96.3 Å². The van der Waals surface area contributed by atoms with E-state index in [1.54, 1.807) is 0 Å². The van der Waals surface area contributed by atoms with Crippen LogP contribution in [0.25, 0.3) is 0 Å². The van der Waals surface area contributed by atoms with Gasteiger partial charge >= 0.3 is 5.43 Å². The third kappa shape index (κ3) is 21.9. The fourth-order valence-electron chi connectivity index (χ4n) is 3.34. The first-order valence-corrected chi connectivity index (χ1v) is 12.0. The SMILES string of the molecule is CCCCCCCCCCCCCCCCCCOC(CC)COC(=O)Cl. The number of carbonyl (C=O) groups is 1. The molecule has 27 heavy (non-hydrogen) atoms. The van der Waals surface area contributed by atoms with Crippen LogP contribution in [0.3, 0.4) is 0 Å². The van der Waals surface area contributed by atoms with Crippen LogP contribution < -0.4 is 0 Å². The monoisotopic (exact) mass is 404 g/mol. The topological polar surface area (TPSA) is 35.5 Å². The molecule has 1 atom stereocenters. The summed E-state index contributed by atoms with van der Waals surface area (Å²) in [6, 6.07) is 0. The van der Waals surface area contributed by atoms with Crippen LogP contribution in [0, 0.1) is 0 Å². The Morgan fingerprint density at radius 2 is 1.11 bits per heavy atom. The Balaban J connectivity index is 3.17. The second-order valence-electron chi connectivity index (χ2n) is 7.75. The molecule has 0 aromatic carbocycles. The number of ether oxygens (including phenoxy) is 2. The van der Waals surface area contributed by atoms with Crippen molar-refractivity contribution in [1.29, 1.82) is 0 Å². The molecule has 0 spiro atoms. The van der Waals surface area contributed by atoms with Crippen molar-refractivity contribution in [1.82, 2.24) is 0 Å².